The van der Waals surface area contributed by atoms with E-state index >= 15 is 0 Å². The van der Waals surface area contributed by atoms with Crippen molar-refractivity contribution in [3.63, 3.8) is 0 Å². The lowest BCUT2D eigenvalue weighted by atomic mass is 9.93. The van der Waals surface area contributed by atoms with E-state index in [4.69, 9.17) is 33.2 Å². The maximum absolute atomic E-state index is 14.4. The van der Waals surface area contributed by atoms with Crippen molar-refractivity contribution in [1.29, 1.82) is 0 Å². The summed E-state index contributed by atoms with van der Waals surface area (Å²) >= 11 is 0. The number of methoxy groups -OCH3 is 7. The SMILES string of the molecule is COc1ccc(CCn2c(C(=O)N(C)C)c(-c3cc(OC)c(OC)c(OC)c3)c(-c3cc(OC)c(OC)c(OC)c3)c2C(=O)N(C)C)cc1. The second-order valence-corrected chi connectivity index (χ2v) is 11.4. The molecular formula is C37H45N3O9. The van der Waals surface area contributed by atoms with E-state index in [0.29, 0.717) is 74.6 Å². The molecule has 0 atom stereocenters. The molecule has 12 heteroatoms. The minimum atomic E-state index is -0.315. The molecule has 0 saturated carbocycles. The molecule has 12 nitrogen and oxygen atoms in total. The molecule has 262 valence electrons. The van der Waals surface area contributed by atoms with Crippen LogP contribution in [0.4, 0.5) is 0 Å². The largest absolute Gasteiger partial charge is 0.497 e. The molecule has 3 aromatic carbocycles. The third-order valence-corrected chi connectivity index (χ3v) is 8.17. The molecular weight excluding hydrogens is 630 g/mol. The molecule has 0 N–H and O–H groups in total. The lowest BCUT2D eigenvalue weighted by molar-refractivity contribution is 0.0808. The zero-order valence-corrected chi connectivity index (χ0v) is 30.0. The fourth-order valence-corrected chi connectivity index (χ4v) is 5.76. The van der Waals surface area contributed by atoms with Crippen LogP contribution in [-0.2, 0) is 13.0 Å². The predicted molar refractivity (Wildman–Crippen MR) is 187 cm³/mol. The third-order valence-electron chi connectivity index (χ3n) is 8.17. The summed E-state index contributed by atoms with van der Waals surface area (Å²) < 4.78 is 41.3. The van der Waals surface area contributed by atoms with Crippen molar-refractivity contribution in [2.75, 3.05) is 78.0 Å². The molecule has 0 aliphatic carbocycles. The van der Waals surface area contributed by atoms with Gasteiger partial charge in [0, 0.05) is 45.9 Å². The fraction of sp³-hybridized carbons (Fsp3) is 0.351. The first-order chi connectivity index (χ1) is 23.5. The number of ether oxygens (including phenoxy) is 7. The highest BCUT2D eigenvalue weighted by Crippen LogP contribution is 2.49. The van der Waals surface area contributed by atoms with Crippen molar-refractivity contribution in [1.82, 2.24) is 14.4 Å². The summed E-state index contributed by atoms with van der Waals surface area (Å²) in [6.45, 7) is 0.290. The molecule has 0 aliphatic heterocycles. The maximum Gasteiger partial charge on any atom is 0.270 e. The van der Waals surface area contributed by atoms with E-state index in [0.717, 1.165) is 11.3 Å². The molecule has 1 heterocycles. The van der Waals surface area contributed by atoms with Crippen LogP contribution >= 0.6 is 0 Å². The second kappa shape index (κ2) is 15.6. The van der Waals surface area contributed by atoms with Crippen LogP contribution in [0.15, 0.2) is 48.5 Å². The lowest BCUT2D eigenvalue weighted by Gasteiger charge is -2.19. The Balaban J connectivity index is 2.24. The molecule has 0 fully saturated rings. The average molecular weight is 676 g/mol. The highest BCUT2D eigenvalue weighted by Gasteiger charge is 2.35. The molecule has 0 spiro atoms. The van der Waals surface area contributed by atoms with Gasteiger partial charge in [-0.15, -0.1) is 0 Å². The van der Waals surface area contributed by atoms with E-state index in [1.54, 1.807) is 64.1 Å². The number of amides is 2. The number of hydrogen-bond donors (Lipinski definition) is 0. The number of carbonyl (C=O) groups is 2. The fourth-order valence-electron chi connectivity index (χ4n) is 5.76. The van der Waals surface area contributed by atoms with E-state index in [1.165, 1.54) is 52.5 Å². The van der Waals surface area contributed by atoms with Crippen molar-refractivity contribution >= 4 is 11.8 Å². The topological polar surface area (TPSA) is 110 Å². The van der Waals surface area contributed by atoms with E-state index in [1.807, 2.05) is 24.3 Å². The quantitative estimate of drug-likeness (QED) is 0.171. The molecule has 2 amide bonds. The summed E-state index contributed by atoms with van der Waals surface area (Å²) in [6.07, 6.45) is 0.503. The second-order valence-electron chi connectivity index (χ2n) is 11.4. The highest BCUT2D eigenvalue weighted by atomic mass is 16.5. The molecule has 0 radical (unpaired) electrons. The van der Waals surface area contributed by atoms with Crippen LogP contribution in [0.25, 0.3) is 22.3 Å². The van der Waals surface area contributed by atoms with Crippen LogP contribution in [0.5, 0.6) is 40.2 Å². The van der Waals surface area contributed by atoms with Crippen LogP contribution in [-0.4, -0.2) is 104 Å². The van der Waals surface area contributed by atoms with E-state index < -0.39 is 0 Å². The summed E-state index contributed by atoms with van der Waals surface area (Å²) in [4.78, 5) is 31.8. The number of carbonyl (C=O) groups excluding carboxylic acids is 2. The first-order valence-corrected chi connectivity index (χ1v) is 15.4. The van der Waals surface area contributed by atoms with Gasteiger partial charge in [-0.25, -0.2) is 0 Å². The van der Waals surface area contributed by atoms with Crippen molar-refractivity contribution in [2.45, 2.75) is 13.0 Å². The first kappa shape index (κ1) is 36.3. The van der Waals surface area contributed by atoms with Crippen molar-refractivity contribution in [3.05, 3.63) is 65.5 Å². The summed E-state index contributed by atoms with van der Waals surface area (Å²) in [7, 11) is 17.4. The van der Waals surface area contributed by atoms with E-state index in [9.17, 15) is 9.59 Å². The van der Waals surface area contributed by atoms with Crippen LogP contribution < -0.4 is 33.2 Å². The molecule has 0 aliphatic rings. The number of aromatic nitrogens is 1. The zero-order chi connectivity index (χ0) is 36.0. The van der Waals surface area contributed by atoms with Gasteiger partial charge in [0.05, 0.1) is 49.8 Å². The summed E-state index contributed by atoms with van der Waals surface area (Å²) in [6, 6.07) is 14.7. The van der Waals surface area contributed by atoms with E-state index in [-0.39, 0.29) is 18.4 Å². The molecule has 0 unspecified atom stereocenters. The smallest absolute Gasteiger partial charge is 0.270 e. The molecule has 4 rings (SSSR count). The molecule has 49 heavy (non-hydrogen) atoms. The van der Waals surface area contributed by atoms with Gasteiger partial charge in [-0.3, -0.25) is 9.59 Å². The van der Waals surface area contributed by atoms with Crippen LogP contribution in [0.2, 0.25) is 0 Å². The zero-order valence-electron chi connectivity index (χ0n) is 30.0. The van der Waals surface area contributed by atoms with Gasteiger partial charge in [0.15, 0.2) is 23.0 Å². The van der Waals surface area contributed by atoms with Crippen molar-refractivity contribution in [3.8, 4) is 62.5 Å². The van der Waals surface area contributed by atoms with Gasteiger partial charge in [-0.1, -0.05) is 12.1 Å². The van der Waals surface area contributed by atoms with Gasteiger partial charge in [-0.2, -0.15) is 0 Å². The van der Waals surface area contributed by atoms with Gasteiger partial charge in [0.1, 0.15) is 17.1 Å². The standard InChI is InChI=1S/C37H45N3O9/c1-38(2)36(41)32-30(23-18-26(44-6)34(48-10)27(19-23)45-7)31(24-20-28(46-8)35(49-11)29(21-24)47-9)33(37(42)39(3)4)40(32)17-16-22-12-14-25(43-5)15-13-22/h12-15,18-21H,16-17H2,1-11H3. The Labute approximate surface area is 287 Å². The van der Waals surface area contributed by atoms with Gasteiger partial charge < -0.3 is 47.5 Å². The van der Waals surface area contributed by atoms with Crippen molar-refractivity contribution < 1.29 is 42.7 Å². The summed E-state index contributed by atoms with van der Waals surface area (Å²) in [5.41, 5.74) is 3.64. The molecule has 0 bridgehead atoms. The minimum absolute atomic E-state index is 0.290. The Morgan fingerprint density at radius 3 is 1.20 bits per heavy atom. The number of benzene rings is 3. The normalized spacial score (nSPS) is 10.7. The van der Waals surface area contributed by atoms with Gasteiger partial charge >= 0.3 is 0 Å². The number of aryl methyl sites for hydroxylation is 1. The number of rotatable bonds is 14. The van der Waals surface area contributed by atoms with Crippen LogP contribution in [0.3, 0.4) is 0 Å². The number of nitrogens with zero attached hydrogens (tertiary/aromatic N) is 3. The van der Waals surface area contributed by atoms with Gasteiger partial charge in [0.25, 0.3) is 11.8 Å². The molecule has 0 saturated heterocycles. The van der Waals surface area contributed by atoms with Gasteiger partial charge in [-0.05, 0) is 59.5 Å². The Kier molecular flexibility index (Phi) is 11.6. The monoisotopic (exact) mass is 675 g/mol. The highest BCUT2D eigenvalue weighted by molar-refractivity contribution is 6.12. The Hall–Kier alpha value is -5.52. The molecule has 4 aromatic rings. The lowest BCUT2D eigenvalue weighted by Crippen LogP contribution is -2.29. The Morgan fingerprint density at radius 2 is 0.918 bits per heavy atom. The Morgan fingerprint density at radius 1 is 0.551 bits per heavy atom. The maximum atomic E-state index is 14.4. The Bertz CT molecular complexity index is 1660. The first-order valence-electron chi connectivity index (χ1n) is 15.4. The predicted octanol–water partition coefficient (Wildman–Crippen LogP) is 5.53. The average Bonchev–Trinajstić information content (AvgIpc) is 3.46. The van der Waals surface area contributed by atoms with Gasteiger partial charge in [0.2, 0.25) is 11.5 Å². The van der Waals surface area contributed by atoms with Crippen LogP contribution in [0.1, 0.15) is 26.5 Å². The summed E-state index contributed by atoms with van der Waals surface area (Å²) in [5, 5.41) is 0. The van der Waals surface area contributed by atoms with Crippen molar-refractivity contribution in [2.24, 2.45) is 0 Å². The summed E-state index contributed by atoms with van der Waals surface area (Å²) in [5.74, 6) is 2.37. The van der Waals surface area contributed by atoms with E-state index in [2.05, 4.69) is 0 Å². The molecule has 1 aromatic heterocycles. The third kappa shape index (κ3) is 7.03. The minimum Gasteiger partial charge on any atom is -0.497 e. The number of hydrogen-bond acceptors (Lipinski definition) is 9. The van der Waals surface area contributed by atoms with Crippen LogP contribution in [0, 0.1) is 0 Å².